The van der Waals surface area contributed by atoms with E-state index >= 15 is 0 Å². The van der Waals surface area contributed by atoms with E-state index < -0.39 is 0 Å². The topological polar surface area (TPSA) is 24.5 Å². The van der Waals surface area contributed by atoms with Crippen LogP contribution in [0.15, 0.2) is 18.2 Å². The molecule has 1 aromatic rings. The van der Waals surface area contributed by atoms with Gasteiger partial charge < -0.3 is 15.0 Å². The Labute approximate surface area is 127 Å². The van der Waals surface area contributed by atoms with Gasteiger partial charge in [0.15, 0.2) is 0 Å². The fraction of sp³-hybridized carbons (Fsp3) is 0.625. The van der Waals surface area contributed by atoms with Crippen LogP contribution in [0.5, 0.6) is 0 Å². The summed E-state index contributed by atoms with van der Waals surface area (Å²) in [6.45, 7) is 6.38. The number of nitrogens with one attached hydrogen (secondary N) is 1. The molecule has 0 amide bonds. The highest BCUT2D eigenvalue weighted by atomic mass is 35.5. The van der Waals surface area contributed by atoms with Gasteiger partial charge in [-0.1, -0.05) is 24.6 Å². The minimum atomic E-state index is 0.268. The van der Waals surface area contributed by atoms with E-state index in [1.165, 1.54) is 5.69 Å². The van der Waals surface area contributed by atoms with Gasteiger partial charge in [-0.05, 0) is 44.0 Å². The summed E-state index contributed by atoms with van der Waals surface area (Å²) < 4.78 is 5.58. The Balaban J connectivity index is 2.15. The highest BCUT2D eigenvalue weighted by Crippen LogP contribution is 2.30. The summed E-state index contributed by atoms with van der Waals surface area (Å²) in [7, 11) is 3.75. The van der Waals surface area contributed by atoms with E-state index in [2.05, 4.69) is 42.3 Å². The molecule has 1 aliphatic heterocycles. The molecule has 0 aliphatic carbocycles. The van der Waals surface area contributed by atoms with Crippen molar-refractivity contribution in [1.82, 2.24) is 5.32 Å². The third-order valence-corrected chi connectivity index (χ3v) is 4.77. The van der Waals surface area contributed by atoms with E-state index in [0.29, 0.717) is 12.0 Å². The highest BCUT2D eigenvalue weighted by Gasteiger charge is 2.26. The maximum atomic E-state index is 6.42. The second kappa shape index (κ2) is 6.79. The van der Waals surface area contributed by atoms with E-state index in [4.69, 9.17) is 16.3 Å². The normalized spacial score (nSPS) is 24.8. The van der Waals surface area contributed by atoms with Gasteiger partial charge >= 0.3 is 0 Å². The van der Waals surface area contributed by atoms with Crippen molar-refractivity contribution in [3.8, 4) is 0 Å². The van der Waals surface area contributed by atoms with Crippen molar-refractivity contribution < 1.29 is 4.74 Å². The van der Waals surface area contributed by atoms with Gasteiger partial charge in [0.1, 0.15) is 0 Å². The second-order valence-corrected chi connectivity index (χ2v) is 6.11. The van der Waals surface area contributed by atoms with E-state index in [9.17, 15) is 0 Å². The number of nitrogens with zero attached hydrogens (tertiary/aromatic N) is 1. The van der Waals surface area contributed by atoms with E-state index in [0.717, 1.165) is 30.1 Å². The Bertz CT molecular complexity index is 452. The van der Waals surface area contributed by atoms with Crippen LogP contribution >= 0.6 is 11.6 Å². The van der Waals surface area contributed by atoms with Gasteiger partial charge in [-0.3, -0.25) is 0 Å². The summed E-state index contributed by atoms with van der Waals surface area (Å²) in [4.78, 5) is 2.37. The largest absolute Gasteiger partial charge is 0.379 e. The number of hydrogen-bond donors (Lipinski definition) is 1. The van der Waals surface area contributed by atoms with Crippen LogP contribution in [0.25, 0.3) is 0 Å². The number of halogens is 1. The fourth-order valence-corrected chi connectivity index (χ4v) is 3.13. The summed E-state index contributed by atoms with van der Waals surface area (Å²) in [5.41, 5.74) is 2.34. The predicted octanol–water partition coefficient (Wildman–Crippen LogP) is 3.48. The summed E-state index contributed by atoms with van der Waals surface area (Å²) in [6, 6.07) is 6.63. The Morgan fingerprint density at radius 1 is 1.45 bits per heavy atom. The van der Waals surface area contributed by atoms with Crippen LogP contribution in [0.4, 0.5) is 5.69 Å². The Morgan fingerprint density at radius 3 is 2.80 bits per heavy atom. The van der Waals surface area contributed by atoms with Crippen molar-refractivity contribution in [3.05, 3.63) is 28.8 Å². The molecule has 3 nitrogen and oxygen atoms in total. The van der Waals surface area contributed by atoms with Crippen LogP contribution in [0.1, 0.15) is 31.9 Å². The maximum absolute atomic E-state index is 6.42. The summed E-state index contributed by atoms with van der Waals surface area (Å²) in [6.07, 6.45) is 1.46. The average molecular weight is 297 g/mol. The number of rotatable bonds is 4. The third-order valence-electron chi connectivity index (χ3n) is 4.44. The van der Waals surface area contributed by atoms with Gasteiger partial charge in [0, 0.05) is 37.0 Å². The van der Waals surface area contributed by atoms with E-state index in [1.54, 1.807) is 7.11 Å². The van der Waals surface area contributed by atoms with Crippen molar-refractivity contribution in [2.45, 2.75) is 32.4 Å². The monoisotopic (exact) mass is 296 g/mol. The first-order valence-electron chi connectivity index (χ1n) is 7.31. The van der Waals surface area contributed by atoms with Gasteiger partial charge in [0.25, 0.3) is 0 Å². The number of methoxy groups -OCH3 is 1. The third kappa shape index (κ3) is 3.27. The molecule has 3 atom stereocenters. The minimum absolute atomic E-state index is 0.268. The number of piperidine rings is 1. The van der Waals surface area contributed by atoms with Crippen LogP contribution in [0, 0.1) is 5.92 Å². The number of hydrogen-bond acceptors (Lipinski definition) is 3. The van der Waals surface area contributed by atoms with Gasteiger partial charge in [-0.25, -0.2) is 0 Å². The molecule has 1 aromatic carbocycles. The molecular weight excluding hydrogens is 272 g/mol. The lowest BCUT2D eigenvalue weighted by atomic mass is 9.95. The lowest BCUT2D eigenvalue weighted by Gasteiger charge is -2.37. The molecule has 3 unspecified atom stereocenters. The molecule has 2 rings (SSSR count). The zero-order valence-corrected chi connectivity index (χ0v) is 13.6. The molecule has 1 fully saturated rings. The van der Waals surface area contributed by atoms with E-state index in [-0.39, 0.29) is 6.04 Å². The molecule has 112 valence electrons. The standard InChI is InChI=1S/C16H25ClN2O/c1-11-7-8-19(10-16(11)20-4)13-5-6-14(12(2)18-3)15(17)9-13/h5-6,9,11-12,16,18H,7-8,10H2,1-4H3. The van der Waals surface area contributed by atoms with Gasteiger partial charge in [-0.15, -0.1) is 0 Å². The minimum Gasteiger partial charge on any atom is -0.379 e. The molecule has 1 aliphatic rings. The van der Waals surface area contributed by atoms with Crippen molar-refractivity contribution >= 4 is 17.3 Å². The molecule has 4 heteroatoms. The van der Waals surface area contributed by atoms with Crippen molar-refractivity contribution in [3.63, 3.8) is 0 Å². The Kier molecular flexibility index (Phi) is 5.30. The zero-order chi connectivity index (χ0) is 14.7. The molecule has 0 spiro atoms. The highest BCUT2D eigenvalue weighted by molar-refractivity contribution is 6.31. The van der Waals surface area contributed by atoms with Crippen LogP contribution < -0.4 is 10.2 Å². The molecular formula is C16H25ClN2O. The molecule has 1 saturated heterocycles. The fourth-order valence-electron chi connectivity index (χ4n) is 2.79. The number of ether oxygens (including phenoxy) is 1. The van der Waals surface area contributed by atoms with E-state index in [1.807, 2.05) is 7.05 Å². The Morgan fingerprint density at radius 2 is 2.20 bits per heavy atom. The number of anilines is 1. The van der Waals surface area contributed by atoms with Crippen molar-refractivity contribution in [2.75, 3.05) is 32.1 Å². The van der Waals surface area contributed by atoms with Crippen LogP contribution in [0.3, 0.4) is 0 Å². The Hall–Kier alpha value is -0.770. The zero-order valence-electron chi connectivity index (χ0n) is 12.8. The smallest absolute Gasteiger partial charge is 0.0772 e. The molecule has 1 heterocycles. The molecule has 1 N–H and O–H groups in total. The van der Waals surface area contributed by atoms with Crippen LogP contribution in [-0.2, 0) is 4.74 Å². The molecule has 20 heavy (non-hydrogen) atoms. The average Bonchev–Trinajstić information content (AvgIpc) is 2.47. The summed E-state index contributed by atoms with van der Waals surface area (Å²) >= 11 is 6.42. The molecule has 0 bridgehead atoms. The van der Waals surface area contributed by atoms with Crippen LogP contribution in [0.2, 0.25) is 5.02 Å². The lowest BCUT2D eigenvalue weighted by Crippen LogP contribution is -2.43. The molecule has 0 aromatic heterocycles. The lowest BCUT2D eigenvalue weighted by molar-refractivity contribution is 0.0498. The molecule has 0 radical (unpaired) electrons. The summed E-state index contributed by atoms with van der Waals surface area (Å²) in [5, 5.41) is 4.06. The SMILES string of the molecule is CNC(C)c1ccc(N2CCC(C)C(OC)C2)cc1Cl. The first kappa shape index (κ1) is 15.6. The van der Waals surface area contributed by atoms with Crippen molar-refractivity contribution in [2.24, 2.45) is 5.92 Å². The van der Waals surface area contributed by atoms with Gasteiger partial charge in [0.05, 0.1) is 6.10 Å². The quantitative estimate of drug-likeness (QED) is 0.920. The maximum Gasteiger partial charge on any atom is 0.0772 e. The van der Waals surface area contributed by atoms with Gasteiger partial charge in [-0.2, -0.15) is 0 Å². The number of benzene rings is 1. The summed E-state index contributed by atoms with van der Waals surface area (Å²) in [5.74, 6) is 0.621. The van der Waals surface area contributed by atoms with Gasteiger partial charge in [0.2, 0.25) is 0 Å². The first-order valence-corrected chi connectivity index (χ1v) is 7.69. The van der Waals surface area contributed by atoms with Crippen LogP contribution in [-0.4, -0.2) is 33.4 Å². The predicted molar refractivity (Wildman–Crippen MR) is 85.7 cm³/mol. The first-order chi connectivity index (χ1) is 9.56. The second-order valence-electron chi connectivity index (χ2n) is 5.70. The van der Waals surface area contributed by atoms with Crippen molar-refractivity contribution in [1.29, 1.82) is 0 Å². The molecule has 0 saturated carbocycles.